The van der Waals surface area contributed by atoms with Gasteiger partial charge in [0.15, 0.2) is 23.3 Å². The minimum absolute atomic E-state index is 0.196. The normalized spacial score (nSPS) is 10.6. The summed E-state index contributed by atoms with van der Waals surface area (Å²) in [4.78, 5) is 0. The number of halogens is 4. The first kappa shape index (κ1) is 12.8. The summed E-state index contributed by atoms with van der Waals surface area (Å²) in [6.07, 6.45) is 2.52. The number of hydrogen-bond donors (Lipinski definition) is 1. The second-order valence-corrected chi connectivity index (χ2v) is 3.48. The molecule has 1 rings (SSSR count). The molecule has 0 heterocycles. The van der Waals surface area contributed by atoms with Crippen molar-refractivity contribution in [3.63, 3.8) is 0 Å². The third-order valence-electron chi connectivity index (χ3n) is 2.19. The van der Waals surface area contributed by atoms with Gasteiger partial charge in [-0.3, -0.25) is 0 Å². The number of unbranched alkanes of at least 4 members (excludes halogenated alkanes) is 2. The molecule has 1 N–H and O–H groups in total. The molecule has 90 valence electrons. The molecule has 0 amide bonds. The lowest BCUT2D eigenvalue weighted by Crippen LogP contribution is -2.08. The van der Waals surface area contributed by atoms with Crippen LogP contribution in [0.25, 0.3) is 0 Å². The second kappa shape index (κ2) is 5.72. The highest BCUT2D eigenvalue weighted by Crippen LogP contribution is 2.23. The third-order valence-corrected chi connectivity index (χ3v) is 2.19. The zero-order valence-corrected chi connectivity index (χ0v) is 8.92. The van der Waals surface area contributed by atoms with E-state index in [0.717, 1.165) is 12.8 Å². The van der Waals surface area contributed by atoms with Crippen molar-refractivity contribution in [2.24, 2.45) is 0 Å². The highest BCUT2D eigenvalue weighted by Gasteiger charge is 2.18. The molecule has 0 bridgehead atoms. The predicted molar refractivity (Wildman–Crippen MR) is 54.3 cm³/mol. The molecule has 16 heavy (non-hydrogen) atoms. The second-order valence-electron chi connectivity index (χ2n) is 3.48. The fraction of sp³-hybridized carbons (Fsp3) is 0.455. The molecule has 1 nitrogen and oxygen atoms in total. The van der Waals surface area contributed by atoms with Crippen LogP contribution >= 0.6 is 0 Å². The van der Waals surface area contributed by atoms with E-state index in [1.165, 1.54) is 0 Å². The standard InChI is InChI=1S/C11H13F4N/c1-2-3-4-5-16-11-9(14)7(12)6-8(13)10(11)15/h6,16H,2-5H2,1H3. The predicted octanol–water partition coefficient (Wildman–Crippen LogP) is 3.85. The monoisotopic (exact) mass is 235 g/mol. The molecule has 0 spiro atoms. The van der Waals surface area contributed by atoms with E-state index in [4.69, 9.17) is 0 Å². The molecule has 0 aliphatic rings. The average molecular weight is 235 g/mol. The Kier molecular flexibility index (Phi) is 4.58. The third kappa shape index (κ3) is 2.87. The Hall–Kier alpha value is -1.26. The molecule has 1 aromatic rings. The van der Waals surface area contributed by atoms with Crippen molar-refractivity contribution in [3.8, 4) is 0 Å². The number of rotatable bonds is 5. The van der Waals surface area contributed by atoms with Crippen molar-refractivity contribution in [3.05, 3.63) is 29.3 Å². The zero-order valence-electron chi connectivity index (χ0n) is 8.92. The molecule has 0 aromatic heterocycles. The van der Waals surface area contributed by atoms with Crippen LogP contribution in [0.1, 0.15) is 26.2 Å². The van der Waals surface area contributed by atoms with Crippen LogP contribution in [0.3, 0.4) is 0 Å². The van der Waals surface area contributed by atoms with Crippen molar-refractivity contribution in [2.75, 3.05) is 11.9 Å². The van der Waals surface area contributed by atoms with Gasteiger partial charge in [0, 0.05) is 12.6 Å². The average Bonchev–Trinajstić information content (AvgIpc) is 2.25. The number of anilines is 1. The Morgan fingerprint density at radius 1 is 1.00 bits per heavy atom. The zero-order chi connectivity index (χ0) is 12.1. The smallest absolute Gasteiger partial charge is 0.185 e. The minimum Gasteiger partial charge on any atom is -0.380 e. The summed E-state index contributed by atoms with van der Waals surface area (Å²) in [5.74, 6) is -5.54. The molecular formula is C11H13F4N. The Bertz CT molecular complexity index is 339. The minimum atomic E-state index is -1.39. The number of hydrogen-bond acceptors (Lipinski definition) is 1. The van der Waals surface area contributed by atoms with Crippen molar-refractivity contribution >= 4 is 5.69 Å². The van der Waals surface area contributed by atoms with Crippen LogP contribution in [0.2, 0.25) is 0 Å². The van der Waals surface area contributed by atoms with E-state index in [1.807, 2.05) is 6.92 Å². The van der Waals surface area contributed by atoms with Gasteiger partial charge in [0.25, 0.3) is 0 Å². The quantitative estimate of drug-likeness (QED) is 0.464. The molecule has 0 saturated heterocycles. The SMILES string of the molecule is CCCCCNc1c(F)c(F)cc(F)c1F. The summed E-state index contributed by atoms with van der Waals surface area (Å²) in [6.45, 7) is 2.26. The Labute approximate surface area is 91.5 Å². The van der Waals surface area contributed by atoms with Gasteiger partial charge in [-0.05, 0) is 6.42 Å². The van der Waals surface area contributed by atoms with Crippen LogP contribution in [0, 0.1) is 23.3 Å². The van der Waals surface area contributed by atoms with E-state index in [0.29, 0.717) is 6.42 Å². The molecule has 0 radical (unpaired) electrons. The molecule has 1 aromatic carbocycles. The molecule has 0 aliphatic heterocycles. The van der Waals surface area contributed by atoms with E-state index in [2.05, 4.69) is 5.32 Å². The van der Waals surface area contributed by atoms with E-state index in [1.54, 1.807) is 0 Å². The summed E-state index contributed by atoms with van der Waals surface area (Å²) in [7, 11) is 0. The maximum Gasteiger partial charge on any atom is 0.185 e. The van der Waals surface area contributed by atoms with Crippen molar-refractivity contribution in [1.82, 2.24) is 0 Å². The van der Waals surface area contributed by atoms with Crippen LogP contribution < -0.4 is 5.32 Å². The van der Waals surface area contributed by atoms with Gasteiger partial charge in [-0.25, -0.2) is 17.6 Å². The summed E-state index contributed by atoms with van der Waals surface area (Å²) in [5, 5.41) is 2.37. The summed E-state index contributed by atoms with van der Waals surface area (Å²) < 4.78 is 51.8. The van der Waals surface area contributed by atoms with Gasteiger partial charge in [-0.15, -0.1) is 0 Å². The molecule has 0 saturated carbocycles. The van der Waals surface area contributed by atoms with Gasteiger partial charge in [0.2, 0.25) is 0 Å². The lowest BCUT2D eigenvalue weighted by molar-refractivity contribution is 0.458. The fourth-order valence-corrected chi connectivity index (χ4v) is 1.32. The summed E-state index contributed by atoms with van der Waals surface area (Å²) >= 11 is 0. The van der Waals surface area contributed by atoms with Crippen LogP contribution in [-0.2, 0) is 0 Å². The Morgan fingerprint density at radius 2 is 1.56 bits per heavy atom. The van der Waals surface area contributed by atoms with Crippen LogP contribution in [0.15, 0.2) is 6.07 Å². The Balaban J connectivity index is 2.78. The molecule has 0 atom stereocenters. The lowest BCUT2D eigenvalue weighted by atomic mass is 10.2. The fourth-order valence-electron chi connectivity index (χ4n) is 1.32. The summed E-state index contributed by atoms with van der Waals surface area (Å²) in [6, 6.07) is 0.196. The van der Waals surface area contributed by atoms with Gasteiger partial charge in [0.05, 0.1) is 0 Å². The van der Waals surface area contributed by atoms with Crippen molar-refractivity contribution < 1.29 is 17.6 Å². The topological polar surface area (TPSA) is 12.0 Å². The summed E-state index contributed by atoms with van der Waals surface area (Å²) in [5.41, 5.74) is -0.728. The van der Waals surface area contributed by atoms with Gasteiger partial charge in [-0.1, -0.05) is 19.8 Å². The van der Waals surface area contributed by atoms with Gasteiger partial charge in [0.1, 0.15) is 5.69 Å². The molecule has 0 fully saturated rings. The molecule has 5 heteroatoms. The number of nitrogens with one attached hydrogen (secondary N) is 1. The van der Waals surface area contributed by atoms with Gasteiger partial charge < -0.3 is 5.32 Å². The van der Waals surface area contributed by atoms with E-state index >= 15 is 0 Å². The van der Waals surface area contributed by atoms with Crippen LogP contribution in [0.5, 0.6) is 0 Å². The molecular weight excluding hydrogens is 222 g/mol. The highest BCUT2D eigenvalue weighted by atomic mass is 19.2. The van der Waals surface area contributed by atoms with Crippen LogP contribution in [0.4, 0.5) is 23.2 Å². The first-order chi connectivity index (χ1) is 7.57. The van der Waals surface area contributed by atoms with Crippen LogP contribution in [-0.4, -0.2) is 6.54 Å². The first-order valence-electron chi connectivity index (χ1n) is 5.14. The molecule has 0 aliphatic carbocycles. The largest absolute Gasteiger partial charge is 0.380 e. The maximum absolute atomic E-state index is 13.1. The lowest BCUT2D eigenvalue weighted by Gasteiger charge is -2.09. The number of benzene rings is 1. The van der Waals surface area contributed by atoms with E-state index in [9.17, 15) is 17.6 Å². The van der Waals surface area contributed by atoms with Gasteiger partial charge >= 0.3 is 0 Å². The first-order valence-corrected chi connectivity index (χ1v) is 5.14. The Morgan fingerprint density at radius 3 is 2.06 bits per heavy atom. The van der Waals surface area contributed by atoms with Gasteiger partial charge in [-0.2, -0.15) is 0 Å². The maximum atomic E-state index is 13.1. The molecule has 0 unspecified atom stereocenters. The van der Waals surface area contributed by atoms with E-state index < -0.39 is 29.0 Å². The highest BCUT2D eigenvalue weighted by molar-refractivity contribution is 5.47. The van der Waals surface area contributed by atoms with Crippen molar-refractivity contribution in [2.45, 2.75) is 26.2 Å². The van der Waals surface area contributed by atoms with E-state index in [-0.39, 0.29) is 12.6 Å². The van der Waals surface area contributed by atoms with Crippen molar-refractivity contribution in [1.29, 1.82) is 0 Å².